The number of hydrogen-bond donors (Lipinski definition) is 1. The third kappa shape index (κ3) is 4.04. The van der Waals surface area contributed by atoms with Gasteiger partial charge in [-0.1, -0.05) is 0 Å². The molecule has 0 spiro atoms. The lowest BCUT2D eigenvalue weighted by molar-refractivity contribution is -0.115. The molecule has 1 saturated heterocycles. The normalized spacial score (nSPS) is 15.4. The summed E-state index contributed by atoms with van der Waals surface area (Å²) in [6.45, 7) is 8.40. The standard InChI is InChI=1S/C20H28N4O/c1-15-13-17(16(2)23(15)4)14-20(25)21-18-5-7-19(8-6-18)24-11-9-22(3)10-12-24/h5-8,13H,9-12,14H2,1-4H3,(H,21,25). The first-order valence-electron chi connectivity index (χ1n) is 8.89. The van der Waals surface area contributed by atoms with Crippen molar-refractivity contribution in [1.29, 1.82) is 0 Å². The van der Waals surface area contributed by atoms with Gasteiger partial charge in [0.15, 0.2) is 0 Å². The highest BCUT2D eigenvalue weighted by molar-refractivity contribution is 5.92. The highest BCUT2D eigenvalue weighted by Gasteiger charge is 2.14. The number of benzene rings is 1. The smallest absolute Gasteiger partial charge is 0.228 e. The predicted molar refractivity (Wildman–Crippen MR) is 103 cm³/mol. The summed E-state index contributed by atoms with van der Waals surface area (Å²) in [5.41, 5.74) is 5.50. The Morgan fingerprint density at radius 1 is 1.04 bits per heavy atom. The second-order valence-corrected chi connectivity index (χ2v) is 7.02. The van der Waals surface area contributed by atoms with Crippen LogP contribution in [0, 0.1) is 13.8 Å². The molecule has 5 nitrogen and oxygen atoms in total. The summed E-state index contributed by atoms with van der Waals surface area (Å²) in [5, 5.41) is 3.01. The average Bonchev–Trinajstić information content (AvgIpc) is 2.83. The number of amides is 1. The Morgan fingerprint density at radius 2 is 1.68 bits per heavy atom. The van der Waals surface area contributed by atoms with Gasteiger partial charge in [-0.3, -0.25) is 4.79 Å². The number of aryl methyl sites for hydroxylation is 1. The van der Waals surface area contributed by atoms with E-state index in [0.717, 1.165) is 43.1 Å². The minimum Gasteiger partial charge on any atom is -0.369 e. The maximum absolute atomic E-state index is 12.3. The first-order chi connectivity index (χ1) is 11.9. The molecule has 0 unspecified atom stereocenters. The van der Waals surface area contributed by atoms with E-state index < -0.39 is 0 Å². The van der Waals surface area contributed by atoms with Crippen LogP contribution in [0.5, 0.6) is 0 Å². The van der Waals surface area contributed by atoms with E-state index in [1.165, 1.54) is 11.4 Å². The molecule has 1 aliphatic rings. The summed E-state index contributed by atoms with van der Waals surface area (Å²) < 4.78 is 2.12. The zero-order valence-corrected chi connectivity index (χ0v) is 15.7. The molecule has 2 aromatic rings. The van der Waals surface area contributed by atoms with Crippen LogP contribution in [0.4, 0.5) is 11.4 Å². The molecule has 2 heterocycles. The minimum atomic E-state index is 0.0287. The second-order valence-electron chi connectivity index (χ2n) is 7.02. The lowest BCUT2D eigenvalue weighted by Crippen LogP contribution is -2.44. The zero-order chi connectivity index (χ0) is 18.0. The molecular formula is C20H28N4O. The molecule has 1 aromatic carbocycles. The summed E-state index contributed by atoms with van der Waals surface area (Å²) in [5.74, 6) is 0.0287. The van der Waals surface area contributed by atoms with Crippen LogP contribution >= 0.6 is 0 Å². The summed E-state index contributed by atoms with van der Waals surface area (Å²) in [7, 11) is 4.19. The Labute approximate surface area is 150 Å². The molecule has 3 rings (SSSR count). The number of carbonyl (C=O) groups is 1. The van der Waals surface area contributed by atoms with E-state index in [1.807, 2.05) is 19.2 Å². The van der Waals surface area contributed by atoms with Crippen molar-refractivity contribution >= 4 is 17.3 Å². The Kier molecular flexibility index (Phi) is 5.13. The number of anilines is 2. The van der Waals surface area contributed by atoms with Crippen molar-refractivity contribution in [1.82, 2.24) is 9.47 Å². The summed E-state index contributed by atoms with van der Waals surface area (Å²) in [4.78, 5) is 17.1. The van der Waals surface area contributed by atoms with Gasteiger partial charge in [0, 0.05) is 56.0 Å². The molecule has 0 bridgehead atoms. The van der Waals surface area contributed by atoms with Gasteiger partial charge in [-0.2, -0.15) is 0 Å². The molecule has 25 heavy (non-hydrogen) atoms. The number of hydrogen-bond acceptors (Lipinski definition) is 3. The van der Waals surface area contributed by atoms with E-state index in [4.69, 9.17) is 0 Å². The molecule has 1 fully saturated rings. The Hall–Kier alpha value is -2.27. The van der Waals surface area contributed by atoms with Gasteiger partial charge in [-0.15, -0.1) is 0 Å². The van der Waals surface area contributed by atoms with Crippen molar-refractivity contribution in [3.63, 3.8) is 0 Å². The monoisotopic (exact) mass is 340 g/mol. The van der Waals surface area contributed by atoms with Crippen molar-refractivity contribution < 1.29 is 4.79 Å². The van der Waals surface area contributed by atoms with Gasteiger partial charge >= 0.3 is 0 Å². The highest BCUT2D eigenvalue weighted by Crippen LogP contribution is 2.20. The predicted octanol–water partition coefficient (Wildman–Crippen LogP) is 2.57. The van der Waals surface area contributed by atoms with Crippen LogP contribution in [0.3, 0.4) is 0 Å². The van der Waals surface area contributed by atoms with Crippen molar-refractivity contribution in [2.75, 3.05) is 43.4 Å². The summed E-state index contributed by atoms with van der Waals surface area (Å²) in [6.07, 6.45) is 0.410. The molecule has 0 saturated carbocycles. The van der Waals surface area contributed by atoms with Gasteiger partial charge in [0.05, 0.1) is 6.42 Å². The van der Waals surface area contributed by atoms with Gasteiger partial charge in [-0.25, -0.2) is 0 Å². The SMILES string of the molecule is Cc1cc(CC(=O)Nc2ccc(N3CCN(C)CC3)cc2)c(C)n1C. The van der Waals surface area contributed by atoms with E-state index in [1.54, 1.807) is 0 Å². The second kappa shape index (κ2) is 7.31. The fourth-order valence-corrected chi connectivity index (χ4v) is 3.31. The van der Waals surface area contributed by atoms with Crippen LogP contribution in [0.1, 0.15) is 17.0 Å². The molecule has 1 aromatic heterocycles. The highest BCUT2D eigenvalue weighted by atomic mass is 16.1. The van der Waals surface area contributed by atoms with Crippen molar-refractivity contribution in [3.8, 4) is 0 Å². The zero-order valence-electron chi connectivity index (χ0n) is 15.7. The van der Waals surface area contributed by atoms with Crippen LogP contribution in [0.25, 0.3) is 0 Å². The number of carbonyl (C=O) groups excluding carboxylic acids is 1. The number of aromatic nitrogens is 1. The van der Waals surface area contributed by atoms with Crippen molar-refractivity contribution in [2.24, 2.45) is 7.05 Å². The lowest BCUT2D eigenvalue weighted by atomic mass is 10.1. The van der Waals surface area contributed by atoms with Crippen LogP contribution in [-0.4, -0.2) is 48.6 Å². The summed E-state index contributed by atoms with van der Waals surface area (Å²) >= 11 is 0. The third-order valence-electron chi connectivity index (χ3n) is 5.25. The number of nitrogens with one attached hydrogen (secondary N) is 1. The first-order valence-corrected chi connectivity index (χ1v) is 8.89. The summed E-state index contributed by atoms with van der Waals surface area (Å²) in [6, 6.07) is 10.3. The molecule has 5 heteroatoms. The molecule has 0 radical (unpaired) electrons. The van der Waals surface area contributed by atoms with E-state index >= 15 is 0 Å². The van der Waals surface area contributed by atoms with Gasteiger partial charge in [0.2, 0.25) is 5.91 Å². The Balaban J connectivity index is 1.59. The Morgan fingerprint density at radius 3 is 2.24 bits per heavy atom. The molecule has 0 atom stereocenters. The van der Waals surface area contributed by atoms with Crippen LogP contribution in [-0.2, 0) is 18.3 Å². The van der Waals surface area contributed by atoms with Crippen LogP contribution < -0.4 is 10.2 Å². The van der Waals surface area contributed by atoms with E-state index in [2.05, 4.69) is 58.8 Å². The number of rotatable bonds is 4. The molecule has 1 amide bonds. The van der Waals surface area contributed by atoms with Gasteiger partial charge in [-0.05, 0) is 56.8 Å². The molecule has 1 aliphatic heterocycles. The number of nitrogens with zero attached hydrogens (tertiary/aromatic N) is 3. The van der Waals surface area contributed by atoms with Gasteiger partial charge in [0.25, 0.3) is 0 Å². The largest absolute Gasteiger partial charge is 0.369 e. The van der Waals surface area contributed by atoms with Crippen LogP contribution in [0.2, 0.25) is 0 Å². The minimum absolute atomic E-state index is 0.0287. The molecule has 1 N–H and O–H groups in total. The number of likely N-dealkylation sites (N-methyl/N-ethyl adjacent to an activating group) is 1. The van der Waals surface area contributed by atoms with Crippen LogP contribution in [0.15, 0.2) is 30.3 Å². The first kappa shape index (κ1) is 17.5. The molecular weight excluding hydrogens is 312 g/mol. The Bertz CT molecular complexity index is 740. The maximum Gasteiger partial charge on any atom is 0.228 e. The average molecular weight is 340 g/mol. The van der Waals surface area contributed by atoms with E-state index in [-0.39, 0.29) is 5.91 Å². The fraction of sp³-hybridized carbons (Fsp3) is 0.450. The van der Waals surface area contributed by atoms with Crippen molar-refractivity contribution in [2.45, 2.75) is 20.3 Å². The molecule has 134 valence electrons. The van der Waals surface area contributed by atoms with Crippen molar-refractivity contribution in [3.05, 3.63) is 47.3 Å². The van der Waals surface area contributed by atoms with E-state index in [0.29, 0.717) is 6.42 Å². The molecule has 0 aliphatic carbocycles. The fourth-order valence-electron chi connectivity index (χ4n) is 3.31. The lowest BCUT2D eigenvalue weighted by Gasteiger charge is -2.34. The van der Waals surface area contributed by atoms with Gasteiger partial charge < -0.3 is 19.7 Å². The topological polar surface area (TPSA) is 40.5 Å². The quantitative estimate of drug-likeness (QED) is 0.930. The maximum atomic E-state index is 12.3. The van der Waals surface area contributed by atoms with Gasteiger partial charge in [0.1, 0.15) is 0 Å². The number of piperazine rings is 1. The third-order valence-corrected chi connectivity index (χ3v) is 5.25. The van der Waals surface area contributed by atoms with E-state index in [9.17, 15) is 4.79 Å².